The van der Waals surface area contributed by atoms with E-state index in [4.69, 9.17) is 10.5 Å². The normalized spacial score (nSPS) is 17.4. The zero-order valence-electron chi connectivity index (χ0n) is 12.9. The molecule has 1 atom stereocenters. The van der Waals surface area contributed by atoms with Gasteiger partial charge in [-0.2, -0.15) is 0 Å². The third-order valence-electron chi connectivity index (χ3n) is 3.66. The number of hydrogen-bond donors (Lipinski definition) is 2. The van der Waals surface area contributed by atoms with Gasteiger partial charge in [0.2, 0.25) is 5.91 Å². The first-order valence-corrected chi connectivity index (χ1v) is 7.38. The molecule has 0 saturated carbocycles. The third-order valence-corrected chi connectivity index (χ3v) is 3.66. The Hall–Kier alpha value is -1.79. The first kappa shape index (κ1) is 17.3. The molecule has 120 valence electrons. The van der Waals surface area contributed by atoms with Gasteiger partial charge in [0, 0.05) is 13.1 Å². The smallest absolute Gasteiger partial charge is 0.312 e. The van der Waals surface area contributed by atoms with E-state index in [2.05, 4.69) is 5.32 Å². The number of urea groups is 1. The summed E-state index contributed by atoms with van der Waals surface area (Å²) in [6.45, 7) is 6.83. The predicted molar refractivity (Wildman–Crippen MR) is 77.3 cm³/mol. The molecule has 21 heavy (non-hydrogen) atoms. The number of rotatable bonds is 5. The van der Waals surface area contributed by atoms with Gasteiger partial charge >= 0.3 is 12.0 Å². The summed E-state index contributed by atoms with van der Waals surface area (Å²) in [6.07, 6.45) is 1.18. The van der Waals surface area contributed by atoms with Crippen LogP contribution in [0.25, 0.3) is 0 Å². The maximum Gasteiger partial charge on any atom is 0.312 e. The monoisotopic (exact) mass is 299 g/mol. The lowest BCUT2D eigenvalue weighted by molar-refractivity contribution is -0.151. The summed E-state index contributed by atoms with van der Waals surface area (Å²) in [5, 5.41) is 2.49. The molecule has 0 spiro atoms. The first-order valence-electron chi connectivity index (χ1n) is 7.38. The summed E-state index contributed by atoms with van der Waals surface area (Å²) >= 11 is 0. The number of piperidine rings is 1. The minimum atomic E-state index is -0.705. The summed E-state index contributed by atoms with van der Waals surface area (Å²) in [5.74, 6) is -0.533. The Kier molecular flexibility index (Phi) is 6.45. The highest BCUT2D eigenvalue weighted by atomic mass is 16.5. The van der Waals surface area contributed by atoms with E-state index in [1.165, 1.54) is 0 Å². The van der Waals surface area contributed by atoms with Gasteiger partial charge in [0.05, 0.1) is 12.5 Å². The van der Waals surface area contributed by atoms with Crippen LogP contribution in [0.4, 0.5) is 4.79 Å². The largest absolute Gasteiger partial charge is 0.466 e. The van der Waals surface area contributed by atoms with Crippen LogP contribution in [0.5, 0.6) is 0 Å². The minimum Gasteiger partial charge on any atom is -0.466 e. The molecule has 1 rings (SSSR count). The second kappa shape index (κ2) is 7.85. The van der Waals surface area contributed by atoms with E-state index in [-0.39, 0.29) is 23.7 Å². The van der Waals surface area contributed by atoms with Gasteiger partial charge in [-0.1, -0.05) is 13.8 Å². The Bertz CT molecular complexity index is 390. The maximum atomic E-state index is 12.4. The van der Waals surface area contributed by atoms with Crippen molar-refractivity contribution in [1.29, 1.82) is 0 Å². The number of likely N-dealkylation sites (tertiary alicyclic amines) is 1. The number of esters is 1. The average molecular weight is 299 g/mol. The number of hydrogen-bond acceptors (Lipinski definition) is 4. The van der Waals surface area contributed by atoms with E-state index in [0.29, 0.717) is 32.5 Å². The number of ether oxygens (including phenoxy) is 1. The quantitative estimate of drug-likeness (QED) is 0.721. The second-order valence-electron chi connectivity index (χ2n) is 5.58. The summed E-state index contributed by atoms with van der Waals surface area (Å²) < 4.78 is 5.00. The van der Waals surface area contributed by atoms with Gasteiger partial charge in [0.15, 0.2) is 0 Å². The lowest BCUT2D eigenvalue weighted by Crippen LogP contribution is -2.54. The maximum absolute atomic E-state index is 12.4. The number of amides is 3. The molecule has 0 aromatic carbocycles. The van der Waals surface area contributed by atoms with Crippen LogP contribution in [0.2, 0.25) is 0 Å². The molecular weight excluding hydrogens is 274 g/mol. The van der Waals surface area contributed by atoms with Gasteiger partial charge in [0.1, 0.15) is 6.04 Å². The standard InChI is InChI=1S/C14H25N3O4/c1-4-21-13(19)10-5-7-17(8-6-10)12(18)11(9(2)3)16-14(15)20/h9-11H,4-8H2,1-3H3,(H3,15,16,20). The van der Waals surface area contributed by atoms with Gasteiger partial charge in [-0.3, -0.25) is 9.59 Å². The minimum absolute atomic E-state index is 0.0484. The van der Waals surface area contributed by atoms with Crippen molar-refractivity contribution in [3.8, 4) is 0 Å². The first-order chi connectivity index (χ1) is 9.86. The Balaban J connectivity index is 2.57. The SMILES string of the molecule is CCOC(=O)C1CCN(C(=O)C(NC(N)=O)C(C)C)CC1. The van der Waals surface area contributed by atoms with Gasteiger partial charge < -0.3 is 20.7 Å². The molecule has 3 amide bonds. The van der Waals surface area contributed by atoms with Crippen molar-refractivity contribution < 1.29 is 19.1 Å². The number of carbonyl (C=O) groups is 3. The third kappa shape index (κ3) is 4.91. The summed E-state index contributed by atoms with van der Waals surface area (Å²) in [6, 6.07) is -1.33. The van der Waals surface area contributed by atoms with Crippen LogP contribution in [0.15, 0.2) is 0 Å². The van der Waals surface area contributed by atoms with E-state index in [0.717, 1.165) is 0 Å². The molecule has 0 bridgehead atoms. The molecule has 0 aliphatic carbocycles. The summed E-state index contributed by atoms with van der Waals surface area (Å²) in [4.78, 5) is 36.8. The molecular formula is C14H25N3O4. The zero-order chi connectivity index (χ0) is 16.0. The van der Waals surface area contributed by atoms with Crippen molar-refractivity contribution >= 4 is 17.9 Å². The van der Waals surface area contributed by atoms with Crippen molar-refractivity contribution in [1.82, 2.24) is 10.2 Å². The number of nitrogens with zero attached hydrogens (tertiary/aromatic N) is 1. The van der Waals surface area contributed by atoms with E-state index in [1.54, 1.807) is 11.8 Å². The van der Waals surface area contributed by atoms with Crippen molar-refractivity contribution in [2.75, 3.05) is 19.7 Å². The fourth-order valence-electron chi connectivity index (χ4n) is 2.46. The Morgan fingerprint density at radius 1 is 1.29 bits per heavy atom. The molecule has 1 fully saturated rings. The predicted octanol–water partition coefficient (Wildman–Crippen LogP) is 0.481. The second-order valence-corrected chi connectivity index (χ2v) is 5.58. The topological polar surface area (TPSA) is 102 Å². The van der Waals surface area contributed by atoms with Crippen molar-refractivity contribution in [3.63, 3.8) is 0 Å². The molecule has 7 heteroatoms. The lowest BCUT2D eigenvalue weighted by atomic mass is 9.95. The highest BCUT2D eigenvalue weighted by Crippen LogP contribution is 2.20. The molecule has 7 nitrogen and oxygen atoms in total. The Morgan fingerprint density at radius 3 is 2.29 bits per heavy atom. The van der Waals surface area contributed by atoms with Gasteiger partial charge in [-0.05, 0) is 25.7 Å². The van der Waals surface area contributed by atoms with Gasteiger partial charge in [-0.15, -0.1) is 0 Å². The van der Waals surface area contributed by atoms with Crippen LogP contribution >= 0.6 is 0 Å². The fourth-order valence-corrected chi connectivity index (χ4v) is 2.46. The highest BCUT2D eigenvalue weighted by molar-refractivity contribution is 5.87. The Morgan fingerprint density at radius 2 is 1.86 bits per heavy atom. The molecule has 0 aromatic rings. The molecule has 0 radical (unpaired) electrons. The van der Waals surface area contributed by atoms with Crippen LogP contribution in [0.1, 0.15) is 33.6 Å². The lowest BCUT2D eigenvalue weighted by Gasteiger charge is -2.34. The van der Waals surface area contributed by atoms with E-state index in [9.17, 15) is 14.4 Å². The van der Waals surface area contributed by atoms with E-state index >= 15 is 0 Å². The molecule has 0 aromatic heterocycles. The highest BCUT2D eigenvalue weighted by Gasteiger charge is 2.33. The molecule has 1 aliphatic rings. The number of primary amides is 1. The van der Waals surface area contributed by atoms with Crippen LogP contribution in [0, 0.1) is 11.8 Å². The van der Waals surface area contributed by atoms with Gasteiger partial charge in [0.25, 0.3) is 0 Å². The number of nitrogens with two attached hydrogens (primary N) is 1. The average Bonchev–Trinajstić information content (AvgIpc) is 2.44. The number of nitrogens with one attached hydrogen (secondary N) is 1. The van der Waals surface area contributed by atoms with Crippen LogP contribution in [-0.4, -0.2) is 48.5 Å². The van der Waals surface area contributed by atoms with Crippen molar-refractivity contribution in [2.45, 2.75) is 39.7 Å². The fraction of sp³-hybridized carbons (Fsp3) is 0.786. The van der Waals surface area contributed by atoms with Gasteiger partial charge in [-0.25, -0.2) is 4.79 Å². The van der Waals surface area contributed by atoms with Crippen molar-refractivity contribution in [2.24, 2.45) is 17.6 Å². The molecule has 1 saturated heterocycles. The summed E-state index contributed by atoms with van der Waals surface area (Å²) in [5.41, 5.74) is 5.11. The summed E-state index contributed by atoms with van der Waals surface area (Å²) in [7, 11) is 0. The van der Waals surface area contributed by atoms with E-state index in [1.807, 2.05) is 13.8 Å². The molecule has 1 heterocycles. The van der Waals surface area contributed by atoms with Crippen molar-refractivity contribution in [3.05, 3.63) is 0 Å². The number of carbonyl (C=O) groups excluding carboxylic acids is 3. The van der Waals surface area contributed by atoms with Crippen LogP contribution in [-0.2, 0) is 14.3 Å². The molecule has 1 unspecified atom stereocenters. The van der Waals surface area contributed by atoms with Crippen LogP contribution < -0.4 is 11.1 Å². The zero-order valence-corrected chi connectivity index (χ0v) is 12.9. The van der Waals surface area contributed by atoms with E-state index < -0.39 is 12.1 Å². The van der Waals surface area contributed by atoms with Crippen LogP contribution in [0.3, 0.4) is 0 Å². The Labute approximate surface area is 125 Å². The molecule has 3 N–H and O–H groups in total. The molecule has 1 aliphatic heterocycles.